The summed E-state index contributed by atoms with van der Waals surface area (Å²) in [6, 6.07) is 17.6. The standard InChI is InChI=1S/C24H24Cl2N2O5S2/c1-3-23(17-7-11-21(12-8-17)34(2,30)31)27-24(29)16-28(20-6-4-5-19(26)15-20)35(32,33)22-13-9-18(25)10-14-22/h4-15,23H,3,16H2,1-2H3,(H,27,29). The molecular weight excluding hydrogens is 531 g/mol. The van der Waals surface area contributed by atoms with Crippen molar-refractivity contribution in [2.45, 2.75) is 29.2 Å². The van der Waals surface area contributed by atoms with Gasteiger partial charge < -0.3 is 5.32 Å². The van der Waals surface area contributed by atoms with Gasteiger partial charge in [-0.1, -0.05) is 48.3 Å². The molecule has 186 valence electrons. The minimum Gasteiger partial charge on any atom is -0.348 e. The summed E-state index contributed by atoms with van der Waals surface area (Å²) in [6.07, 6.45) is 1.62. The number of amides is 1. The van der Waals surface area contributed by atoms with Crippen molar-refractivity contribution in [3.05, 3.63) is 88.4 Å². The lowest BCUT2D eigenvalue weighted by molar-refractivity contribution is -0.120. The second-order valence-electron chi connectivity index (χ2n) is 7.82. The van der Waals surface area contributed by atoms with E-state index >= 15 is 0 Å². The summed E-state index contributed by atoms with van der Waals surface area (Å²) in [6.45, 7) is 1.36. The first-order chi connectivity index (χ1) is 16.4. The van der Waals surface area contributed by atoms with Crippen LogP contribution in [0.1, 0.15) is 24.9 Å². The van der Waals surface area contributed by atoms with E-state index in [1.54, 1.807) is 30.3 Å². The van der Waals surface area contributed by atoms with Crippen molar-refractivity contribution in [1.29, 1.82) is 0 Å². The number of hydrogen-bond acceptors (Lipinski definition) is 5. The fourth-order valence-electron chi connectivity index (χ4n) is 3.42. The summed E-state index contributed by atoms with van der Waals surface area (Å²) in [4.78, 5) is 13.2. The topological polar surface area (TPSA) is 101 Å². The van der Waals surface area contributed by atoms with Crippen LogP contribution in [0.3, 0.4) is 0 Å². The van der Waals surface area contributed by atoms with Gasteiger partial charge in [-0.2, -0.15) is 0 Å². The SMILES string of the molecule is CCC(NC(=O)CN(c1cccc(Cl)c1)S(=O)(=O)c1ccc(Cl)cc1)c1ccc(S(C)(=O)=O)cc1. The first-order valence-electron chi connectivity index (χ1n) is 10.5. The molecule has 0 fully saturated rings. The van der Waals surface area contributed by atoms with E-state index in [1.165, 1.54) is 42.5 Å². The molecule has 0 heterocycles. The predicted molar refractivity (Wildman–Crippen MR) is 138 cm³/mol. The number of sulfonamides is 1. The zero-order valence-corrected chi connectivity index (χ0v) is 22.1. The van der Waals surface area contributed by atoms with Crippen LogP contribution in [0.15, 0.2) is 82.6 Å². The van der Waals surface area contributed by atoms with E-state index in [4.69, 9.17) is 23.2 Å². The van der Waals surface area contributed by atoms with Crippen molar-refractivity contribution in [1.82, 2.24) is 5.32 Å². The molecule has 11 heteroatoms. The maximum atomic E-state index is 13.5. The Kier molecular flexibility index (Phi) is 8.48. The predicted octanol–water partition coefficient (Wildman–Crippen LogP) is 4.86. The number of anilines is 1. The van der Waals surface area contributed by atoms with Crippen molar-refractivity contribution in [2.75, 3.05) is 17.1 Å². The van der Waals surface area contributed by atoms with E-state index in [1.807, 2.05) is 6.92 Å². The number of hydrogen-bond donors (Lipinski definition) is 1. The molecule has 0 aliphatic rings. The molecule has 3 aromatic carbocycles. The number of nitrogens with zero attached hydrogens (tertiary/aromatic N) is 1. The average molecular weight is 556 g/mol. The van der Waals surface area contributed by atoms with Crippen molar-refractivity contribution in [2.24, 2.45) is 0 Å². The van der Waals surface area contributed by atoms with Crippen LogP contribution in [-0.4, -0.2) is 35.5 Å². The molecule has 1 N–H and O–H groups in total. The highest BCUT2D eigenvalue weighted by Crippen LogP contribution is 2.27. The minimum absolute atomic E-state index is 0.0296. The summed E-state index contributed by atoms with van der Waals surface area (Å²) in [5.41, 5.74) is 0.927. The van der Waals surface area contributed by atoms with E-state index in [-0.39, 0.29) is 15.5 Å². The molecule has 0 aromatic heterocycles. The molecule has 1 atom stereocenters. The maximum absolute atomic E-state index is 13.5. The second-order valence-corrected chi connectivity index (χ2v) is 12.6. The minimum atomic E-state index is -4.12. The Balaban J connectivity index is 1.89. The fourth-order valence-corrected chi connectivity index (χ4v) is 5.77. The molecule has 35 heavy (non-hydrogen) atoms. The zero-order chi connectivity index (χ0) is 25.8. The molecule has 0 aliphatic heterocycles. The van der Waals surface area contributed by atoms with Crippen molar-refractivity contribution >= 4 is 54.7 Å². The molecule has 3 rings (SSSR count). The van der Waals surface area contributed by atoms with Crippen LogP contribution in [0.4, 0.5) is 5.69 Å². The van der Waals surface area contributed by atoms with Crippen molar-refractivity contribution in [3.63, 3.8) is 0 Å². The van der Waals surface area contributed by atoms with Gasteiger partial charge in [0.05, 0.1) is 21.5 Å². The molecule has 0 aliphatic carbocycles. The van der Waals surface area contributed by atoms with Gasteiger partial charge in [0, 0.05) is 16.3 Å². The van der Waals surface area contributed by atoms with Crippen LogP contribution in [0.2, 0.25) is 10.0 Å². The third-order valence-electron chi connectivity index (χ3n) is 5.24. The van der Waals surface area contributed by atoms with Crippen LogP contribution in [0, 0.1) is 0 Å². The quantitative estimate of drug-likeness (QED) is 0.407. The van der Waals surface area contributed by atoms with Crippen LogP contribution < -0.4 is 9.62 Å². The number of sulfone groups is 1. The number of benzene rings is 3. The number of nitrogens with one attached hydrogen (secondary N) is 1. The number of rotatable bonds is 9. The molecule has 1 unspecified atom stereocenters. The van der Waals surface area contributed by atoms with E-state index in [0.29, 0.717) is 22.0 Å². The Bertz CT molecular complexity index is 1410. The molecule has 0 radical (unpaired) electrons. The number of carbonyl (C=O) groups is 1. The fraction of sp³-hybridized carbons (Fsp3) is 0.208. The summed E-state index contributed by atoms with van der Waals surface area (Å²) >= 11 is 12.0. The van der Waals surface area contributed by atoms with E-state index in [0.717, 1.165) is 10.6 Å². The van der Waals surface area contributed by atoms with Gasteiger partial charge in [0.2, 0.25) is 5.91 Å². The first-order valence-corrected chi connectivity index (χ1v) is 14.6. The molecule has 0 saturated carbocycles. The van der Waals surface area contributed by atoms with E-state index in [9.17, 15) is 21.6 Å². The molecular formula is C24H24Cl2N2O5S2. The number of halogens is 2. The van der Waals surface area contributed by atoms with Gasteiger partial charge in [0.25, 0.3) is 10.0 Å². The molecule has 7 nitrogen and oxygen atoms in total. The Morgan fingerprint density at radius 3 is 2.03 bits per heavy atom. The highest BCUT2D eigenvalue weighted by atomic mass is 35.5. The third-order valence-corrected chi connectivity index (χ3v) is 8.64. The Labute approximate surface area is 215 Å². The second kappa shape index (κ2) is 11.0. The summed E-state index contributed by atoms with van der Waals surface area (Å²) in [7, 11) is -7.47. The molecule has 0 saturated heterocycles. The van der Waals surface area contributed by atoms with Crippen molar-refractivity contribution in [3.8, 4) is 0 Å². The third kappa shape index (κ3) is 6.76. The highest BCUT2D eigenvalue weighted by Gasteiger charge is 2.28. The normalized spacial score (nSPS) is 12.7. The molecule has 3 aromatic rings. The van der Waals surface area contributed by atoms with Crippen LogP contribution in [0.25, 0.3) is 0 Å². The molecule has 0 spiro atoms. The van der Waals surface area contributed by atoms with Crippen molar-refractivity contribution < 1.29 is 21.6 Å². The zero-order valence-electron chi connectivity index (χ0n) is 19.0. The van der Waals surface area contributed by atoms with Gasteiger partial charge in [-0.05, 0) is 66.6 Å². The Hall–Kier alpha value is -2.59. The van der Waals surface area contributed by atoms with Gasteiger partial charge in [0.15, 0.2) is 9.84 Å². The maximum Gasteiger partial charge on any atom is 0.264 e. The van der Waals surface area contributed by atoms with Gasteiger partial charge in [-0.15, -0.1) is 0 Å². The van der Waals surface area contributed by atoms with Crippen LogP contribution in [-0.2, 0) is 24.7 Å². The largest absolute Gasteiger partial charge is 0.348 e. The Morgan fingerprint density at radius 2 is 1.49 bits per heavy atom. The lowest BCUT2D eigenvalue weighted by atomic mass is 10.0. The van der Waals surface area contributed by atoms with Gasteiger partial charge in [-0.3, -0.25) is 9.10 Å². The Morgan fingerprint density at radius 1 is 0.886 bits per heavy atom. The molecule has 0 bridgehead atoms. The number of carbonyl (C=O) groups excluding carboxylic acids is 1. The van der Waals surface area contributed by atoms with Gasteiger partial charge >= 0.3 is 0 Å². The summed E-state index contributed by atoms with van der Waals surface area (Å²) < 4.78 is 51.3. The van der Waals surface area contributed by atoms with Gasteiger partial charge in [-0.25, -0.2) is 16.8 Å². The first kappa shape index (κ1) is 27.0. The molecule has 1 amide bonds. The average Bonchev–Trinajstić information content (AvgIpc) is 2.80. The summed E-state index contributed by atoms with van der Waals surface area (Å²) in [5.74, 6) is -0.540. The highest BCUT2D eigenvalue weighted by molar-refractivity contribution is 7.93. The lowest BCUT2D eigenvalue weighted by Gasteiger charge is -2.26. The van der Waals surface area contributed by atoms with Gasteiger partial charge in [0.1, 0.15) is 6.54 Å². The lowest BCUT2D eigenvalue weighted by Crippen LogP contribution is -2.42. The van der Waals surface area contributed by atoms with Crippen LogP contribution in [0.5, 0.6) is 0 Å². The summed E-state index contributed by atoms with van der Waals surface area (Å²) in [5, 5.41) is 3.53. The van der Waals surface area contributed by atoms with E-state index < -0.39 is 38.4 Å². The van der Waals surface area contributed by atoms with Crippen LogP contribution >= 0.6 is 23.2 Å². The smallest absolute Gasteiger partial charge is 0.264 e. The monoisotopic (exact) mass is 554 g/mol. The van der Waals surface area contributed by atoms with E-state index in [2.05, 4.69) is 5.32 Å².